The Balaban J connectivity index is 1.63. The summed E-state index contributed by atoms with van der Waals surface area (Å²) in [6.07, 6.45) is 1.91. The normalized spacial score (nSPS) is 12.0. The van der Waals surface area contributed by atoms with Gasteiger partial charge in [-0.2, -0.15) is 0 Å². The monoisotopic (exact) mass is 511 g/mol. The second-order valence-corrected chi connectivity index (χ2v) is 15.6. The summed E-state index contributed by atoms with van der Waals surface area (Å²) in [5.41, 5.74) is 4.20. The van der Waals surface area contributed by atoms with Crippen molar-refractivity contribution < 1.29 is 14.3 Å². The van der Waals surface area contributed by atoms with Gasteiger partial charge >= 0.3 is 0 Å². The summed E-state index contributed by atoms with van der Waals surface area (Å²) in [5.74, 6) is 0.561. The minimum atomic E-state index is -2.20. The second kappa shape index (κ2) is 11.5. The zero-order chi connectivity index (χ0) is 25.6. The zero-order valence-electron chi connectivity index (χ0n) is 21.6. The lowest BCUT2D eigenvalue weighted by Gasteiger charge is -2.35. The van der Waals surface area contributed by atoms with Crippen molar-refractivity contribution in [1.29, 1.82) is 0 Å². The topological polar surface area (TPSA) is 83.5 Å². The molecule has 0 atom stereocenters. The van der Waals surface area contributed by atoms with Crippen molar-refractivity contribution in [3.8, 4) is 17.0 Å². The van der Waals surface area contributed by atoms with E-state index in [9.17, 15) is 9.59 Å². The van der Waals surface area contributed by atoms with E-state index in [2.05, 4.69) is 29.5 Å². The van der Waals surface area contributed by atoms with Crippen LogP contribution in [0.4, 0.5) is 5.69 Å². The van der Waals surface area contributed by atoms with E-state index < -0.39 is 8.32 Å². The van der Waals surface area contributed by atoms with Crippen molar-refractivity contribution in [2.24, 2.45) is 0 Å². The highest BCUT2D eigenvalue weighted by Crippen LogP contribution is 2.39. The first-order valence-electron chi connectivity index (χ1n) is 11.9. The molecule has 188 valence electrons. The van der Waals surface area contributed by atoms with Gasteiger partial charge in [0, 0.05) is 28.7 Å². The van der Waals surface area contributed by atoms with E-state index in [1.165, 1.54) is 0 Å². The number of carbonyl (C=O) groups is 1. The number of ether oxygens (including phenoxy) is 1. The van der Waals surface area contributed by atoms with Gasteiger partial charge in [0.15, 0.2) is 8.32 Å². The van der Waals surface area contributed by atoms with Gasteiger partial charge in [0.2, 0.25) is 0 Å². The van der Waals surface area contributed by atoms with Gasteiger partial charge in [-0.1, -0.05) is 26.0 Å². The van der Waals surface area contributed by atoms with Crippen LogP contribution in [0.5, 0.6) is 5.75 Å². The minimum Gasteiger partial charge on any atom is -0.497 e. The van der Waals surface area contributed by atoms with Crippen LogP contribution in [-0.2, 0) is 6.54 Å². The third-order valence-corrected chi connectivity index (χ3v) is 11.1. The molecule has 0 spiro atoms. The van der Waals surface area contributed by atoms with Gasteiger partial charge in [-0.15, -0.1) is 11.3 Å². The maximum atomic E-state index is 13.1. The summed E-state index contributed by atoms with van der Waals surface area (Å²) in [5, 5.41) is 9.49. The Morgan fingerprint density at radius 2 is 1.89 bits per heavy atom. The first-order valence-corrected chi connectivity index (χ1v) is 15.8. The summed E-state index contributed by atoms with van der Waals surface area (Å²) >= 11 is 1.62. The predicted molar refractivity (Wildman–Crippen MR) is 148 cm³/mol. The molecule has 0 bridgehead atoms. The van der Waals surface area contributed by atoms with Crippen LogP contribution in [0.1, 0.15) is 47.6 Å². The van der Waals surface area contributed by atoms with E-state index >= 15 is 0 Å². The van der Waals surface area contributed by atoms with Crippen LogP contribution in [0.2, 0.25) is 18.1 Å². The summed E-state index contributed by atoms with van der Waals surface area (Å²) in [6, 6.07) is 13.3. The first kappa shape index (κ1) is 27.1. The second-order valence-electron chi connectivity index (χ2n) is 10.0. The number of nitrogens with one attached hydrogen (secondary N) is 2. The highest BCUT2D eigenvalue weighted by atomic mass is 32.1. The van der Waals surface area contributed by atoms with Crippen LogP contribution < -0.4 is 15.4 Å². The van der Waals surface area contributed by atoms with E-state index in [1.807, 2.05) is 61.8 Å². The number of benzene rings is 2. The highest BCUT2D eigenvalue weighted by Gasteiger charge is 2.37. The minimum absolute atomic E-state index is 0.0381. The molecule has 0 saturated heterocycles. The molecule has 3 aromatic rings. The molecule has 0 fully saturated rings. The average Bonchev–Trinajstić information content (AvgIpc) is 3.24. The molecule has 35 heavy (non-hydrogen) atoms. The van der Waals surface area contributed by atoms with E-state index in [4.69, 9.17) is 4.74 Å². The standard InChI is InChI=1S/C27H37N3O3SSi/c1-19-29-25(18-34-19)20-8-10-22(11-9-20)30-26(31)24-13-12-23(33-4)16-21(24)17-28-15-7-14-27(2,3)35(5,6)32/h8-13,16,18,28,32H,7,14-15,17H2,1-6H3,(H,30,31). The number of methoxy groups -OCH3 is 1. The predicted octanol–water partition coefficient (Wildman–Crippen LogP) is 6.23. The lowest BCUT2D eigenvalue weighted by atomic mass is 10.0. The van der Waals surface area contributed by atoms with Gasteiger partial charge in [0.05, 0.1) is 17.8 Å². The van der Waals surface area contributed by atoms with E-state index in [1.54, 1.807) is 24.5 Å². The third kappa shape index (κ3) is 7.24. The number of carbonyl (C=O) groups excluding carboxylic acids is 1. The van der Waals surface area contributed by atoms with Gasteiger partial charge < -0.3 is 20.2 Å². The highest BCUT2D eigenvalue weighted by molar-refractivity contribution is 7.09. The van der Waals surface area contributed by atoms with Gasteiger partial charge in [-0.3, -0.25) is 4.79 Å². The largest absolute Gasteiger partial charge is 0.497 e. The molecule has 0 radical (unpaired) electrons. The number of amides is 1. The SMILES string of the molecule is COc1ccc(C(=O)Nc2ccc(-c3csc(C)n3)cc2)c(CNCCCC(C)(C)[Si](C)(C)O)c1. The Kier molecular flexibility index (Phi) is 8.88. The Morgan fingerprint density at radius 1 is 1.17 bits per heavy atom. The molecule has 0 aliphatic carbocycles. The third-order valence-electron chi connectivity index (χ3n) is 6.74. The molecular weight excluding hydrogens is 474 g/mol. The molecular formula is C27H37N3O3SSi. The van der Waals surface area contributed by atoms with Gasteiger partial charge in [-0.05, 0) is 80.3 Å². The number of hydrogen-bond acceptors (Lipinski definition) is 6. The lowest BCUT2D eigenvalue weighted by molar-refractivity contribution is 0.102. The van der Waals surface area contributed by atoms with Crippen LogP contribution in [0.3, 0.4) is 0 Å². The van der Waals surface area contributed by atoms with Gasteiger partial charge in [0.25, 0.3) is 5.91 Å². The number of aromatic nitrogens is 1. The molecule has 1 amide bonds. The van der Waals surface area contributed by atoms with Crippen molar-refractivity contribution in [2.45, 2.75) is 58.3 Å². The molecule has 3 rings (SSSR count). The van der Waals surface area contributed by atoms with Crippen molar-refractivity contribution >= 4 is 31.2 Å². The number of anilines is 1. The Labute approximate surface area is 213 Å². The Bertz CT molecular complexity index is 1140. The van der Waals surface area contributed by atoms with E-state index in [-0.39, 0.29) is 10.9 Å². The maximum Gasteiger partial charge on any atom is 0.255 e. The van der Waals surface area contributed by atoms with E-state index in [0.717, 1.165) is 52.7 Å². The van der Waals surface area contributed by atoms with Crippen LogP contribution >= 0.6 is 11.3 Å². The molecule has 0 aliphatic rings. The van der Waals surface area contributed by atoms with E-state index in [0.29, 0.717) is 12.1 Å². The molecule has 3 N–H and O–H groups in total. The Hall–Kier alpha value is -2.52. The Morgan fingerprint density at radius 3 is 2.49 bits per heavy atom. The number of hydrogen-bond donors (Lipinski definition) is 3. The molecule has 6 nitrogen and oxygen atoms in total. The summed E-state index contributed by atoms with van der Waals surface area (Å²) in [7, 11) is -0.579. The van der Waals surface area contributed by atoms with Crippen LogP contribution in [0.15, 0.2) is 47.8 Å². The quantitative estimate of drug-likeness (QED) is 0.210. The van der Waals surface area contributed by atoms with Crippen molar-refractivity contribution in [3.63, 3.8) is 0 Å². The number of rotatable bonds is 11. The van der Waals surface area contributed by atoms with Gasteiger partial charge in [-0.25, -0.2) is 4.98 Å². The number of aryl methyl sites for hydroxylation is 1. The fourth-order valence-electron chi connectivity index (χ4n) is 3.67. The maximum absolute atomic E-state index is 13.1. The molecule has 8 heteroatoms. The smallest absolute Gasteiger partial charge is 0.255 e. The number of nitrogens with zero attached hydrogens (tertiary/aromatic N) is 1. The fourth-order valence-corrected chi connectivity index (χ4v) is 5.08. The number of thiazole rings is 1. The summed E-state index contributed by atoms with van der Waals surface area (Å²) in [6.45, 7) is 11.6. The fraction of sp³-hybridized carbons (Fsp3) is 0.407. The summed E-state index contributed by atoms with van der Waals surface area (Å²) < 4.78 is 5.39. The molecule has 0 aliphatic heterocycles. The molecule has 0 unspecified atom stereocenters. The van der Waals surface area contributed by atoms with Crippen molar-refractivity contribution in [2.75, 3.05) is 19.0 Å². The van der Waals surface area contributed by atoms with Crippen molar-refractivity contribution in [3.05, 3.63) is 64.0 Å². The molecule has 1 heterocycles. The first-order chi connectivity index (χ1) is 16.5. The zero-order valence-corrected chi connectivity index (χ0v) is 23.4. The molecule has 1 aromatic heterocycles. The lowest BCUT2D eigenvalue weighted by Crippen LogP contribution is -2.39. The van der Waals surface area contributed by atoms with Gasteiger partial charge in [0.1, 0.15) is 5.75 Å². The van der Waals surface area contributed by atoms with Crippen LogP contribution in [0, 0.1) is 6.92 Å². The average molecular weight is 512 g/mol. The van der Waals surface area contributed by atoms with Crippen LogP contribution in [0.25, 0.3) is 11.3 Å². The molecule has 2 aromatic carbocycles. The summed E-state index contributed by atoms with van der Waals surface area (Å²) in [4.78, 5) is 28.1. The van der Waals surface area contributed by atoms with Crippen LogP contribution in [-0.4, -0.2) is 37.7 Å². The molecule has 0 saturated carbocycles. The van der Waals surface area contributed by atoms with Crippen molar-refractivity contribution in [1.82, 2.24) is 10.3 Å².